The van der Waals surface area contributed by atoms with Crippen molar-refractivity contribution < 1.29 is 4.79 Å². The van der Waals surface area contributed by atoms with Gasteiger partial charge in [0.25, 0.3) is 0 Å². The van der Waals surface area contributed by atoms with Gasteiger partial charge >= 0.3 is 0 Å². The molecule has 3 nitrogen and oxygen atoms in total. The van der Waals surface area contributed by atoms with Crippen LogP contribution in [0.25, 0.3) is 0 Å². The summed E-state index contributed by atoms with van der Waals surface area (Å²) in [6.07, 6.45) is 0. The van der Waals surface area contributed by atoms with Crippen molar-refractivity contribution in [1.82, 2.24) is 5.32 Å². The highest BCUT2D eigenvalue weighted by Crippen LogP contribution is 2.16. The molecular weight excluding hydrogens is 363 g/mol. The highest BCUT2D eigenvalue weighted by atomic mass is 127. The highest BCUT2D eigenvalue weighted by molar-refractivity contribution is 14.1. The fourth-order valence-electron chi connectivity index (χ4n) is 1.86. The first-order valence-electron chi connectivity index (χ1n) is 6.49. The molecule has 1 unspecified atom stereocenters. The molecule has 0 bridgehead atoms. The Bertz CT molecular complexity index is 572. The van der Waals surface area contributed by atoms with Crippen molar-refractivity contribution in [2.45, 2.75) is 13.0 Å². The minimum atomic E-state index is -0.0307. The van der Waals surface area contributed by atoms with Gasteiger partial charge in [-0.1, -0.05) is 42.5 Å². The van der Waals surface area contributed by atoms with Crippen LogP contribution in [0.2, 0.25) is 0 Å². The maximum Gasteiger partial charge on any atom is 0.238 e. The van der Waals surface area contributed by atoms with E-state index in [-0.39, 0.29) is 11.9 Å². The molecule has 0 spiro atoms. The Kier molecular flexibility index (Phi) is 5.55. The summed E-state index contributed by atoms with van der Waals surface area (Å²) in [5.74, 6) is -0.0307. The van der Waals surface area contributed by atoms with Crippen LogP contribution < -0.4 is 10.6 Å². The van der Waals surface area contributed by atoms with Crippen LogP contribution in [-0.4, -0.2) is 12.5 Å². The first-order chi connectivity index (χ1) is 9.66. The van der Waals surface area contributed by atoms with Gasteiger partial charge in [0.15, 0.2) is 0 Å². The number of hydrogen-bond donors (Lipinski definition) is 2. The number of carbonyl (C=O) groups excluding carboxylic acids is 1. The van der Waals surface area contributed by atoms with Gasteiger partial charge in [-0.3, -0.25) is 4.79 Å². The van der Waals surface area contributed by atoms with Gasteiger partial charge in [0, 0.05) is 9.61 Å². The Morgan fingerprint density at radius 3 is 2.45 bits per heavy atom. The lowest BCUT2D eigenvalue weighted by Crippen LogP contribution is -2.30. The van der Waals surface area contributed by atoms with E-state index in [1.54, 1.807) is 0 Å². The first-order valence-corrected chi connectivity index (χ1v) is 7.57. The van der Waals surface area contributed by atoms with Crippen molar-refractivity contribution in [3.05, 3.63) is 63.7 Å². The van der Waals surface area contributed by atoms with Crippen molar-refractivity contribution in [2.24, 2.45) is 0 Å². The fraction of sp³-hybridized carbons (Fsp3) is 0.188. The van der Waals surface area contributed by atoms with E-state index in [4.69, 9.17) is 0 Å². The van der Waals surface area contributed by atoms with E-state index in [1.807, 2.05) is 42.5 Å². The predicted octanol–water partition coefficient (Wildman–Crippen LogP) is 3.58. The zero-order valence-corrected chi connectivity index (χ0v) is 13.4. The Morgan fingerprint density at radius 1 is 1.10 bits per heavy atom. The van der Waals surface area contributed by atoms with Gasteiger partial charge in [-0.2, -0.15) is 0 Å². The molecule has 0 fully saturated rings. The molecule has 0 aromatic heterocycles. The number of para-hydroxylation sites is 1. The summed E-state index contributed by atoms with van der Waals surface area (Å²) < 4.78 is 1.04. The summed E-state index contributed by atoms with van der Waals surface area (Å²) in [5, 5.41) is 6.13. The van der Waals surface area contributed by atoms with Crippen molar-refractivity contribution in [3.8, 4) is 0 Å². The number of rotatable bonds is 5. The fourth-order valence-corrected chi connectivity index (χ4v) is 2.38. The van der Waals surface area contributed by atoms with Gasteiger partial charge in [0.1, 0.15) is 0 Å². The van der Waals surface area contributed by atoms with Crippen LogP contribution >= 0.6 is 22.6 Å². The third-order valence-electron chi connectivity index (χ3n) is 3.02. The van der Waals surface area contributed by atoms with Gasteiger partial charge in [-0.05, 0) is 47.2 Å². The third kappa shape index (κ3) is 4.31. The SMILES string of the molecule is CC(NCC(=O)Nc1ccccc1I)c1ccccc1. The van der Waals surface area contributed by atoms with E-state index >= 15 is 0 Å². The van der Waals surface area contributed by atoms with E-state index in [9.17, 15) is 4.79 Å². The molecule has 2 N–H and O–H groups in total. The zero-order chi connectivity index (χ0) is 14.4. The Labute approximate surface area is 132 Å². The molecule has 2 aromatic carbocycles. The van der Waals surface area contributed by atoms with Crippen LogP contribution in [0.5, 0.6) is 0 Å². The van der Waals surface area contributed by atoms with Crippen LogP contribution in [0.3, 0.4) is 0 Å². The predicted molar refractivity (Wildman–Crippen MR) is 90.6 cm³/mol. The monoisotopic (exact) mass is 380 g/mol. The van der Waals surface area contributed by atoms with Gasteiger partial charge in [0.05, 0.1) is 12.2 Å². The number of benzene rings is 2. The van der Waals surface area contributed by atoms with E-state index in [0.717, 1.165) is 9.26 Å². The van der Waals surface area contributed by atoms with E-state index in [1.165, 1.54) is 5.56 Å². The molecule has 4 heteroatoms. The first kappa shape index (κ1) is 15.0. The quantitative estimate of drug-likeness (QED) is 0.779. The lowest BCUT2D eigenvalue weighted by molar-refractivity contribution is -0.115. The average molecular weight is 380 g/mol. The Balaban J connectivity index is 1.85. The molecule has 0 aliphatic carbocycles. The van der Waals surface area contributed by atoms with Gasteiger partial charge in [-0.25, -0.2) is 0 Å². The average Bonchev–Trinajstić information content (AvgIpc) is 2.48. The van der Waals surface area contributed by atoms with Crippen molar-refractivity contribution in [1.29, 1.82) is 0 Å². The van der Waals surface area contributed by atoms with E-state index in [2.05, 4.69) is 52.3 Å². The molecule has 0 saturated carbocycles. The van der Waals surface area contributed by atoms with E-state index < -0.39 is 0 Å². The summed E-state index contributed by atoms with van der Waals surface area (Å²) in [5.41, 5.74) is 2.03. The van der Waals surface area contributed by atoms with Crippen molar-refractivity contribution >= 4 is 34.2 Å². The Morgan fingerprint density at radius 2 is 1.75 bits per heavy atom. The summed E-state index contributed by atoms with van der Waals surface area (Å²) >= 11 is 2.21. The summed E-state index contributed by atoms with van der Waals surface area (Å²) in [6.45, 7) is 2.34. The molecule has 0 saturated heterocycles. The molecule has 0 heterocycles. The molecular formula is C16H17IN2O. The summed E-state index contributed by atoms with van der Waals surface area (Å²) in [6, 6.07) is 18.0. The number of nitrogens with one attached hydrogen (secondary N) is 2. The second kappa shape index (κ2) is 7.40. The van der Waals surface area contributed by atoms with Crippen LogP contribution in [-0.2, 0) is 4.79 Å². The molecule has 20 heavy (non-hydrogen) atoms. The lowest BCUT2D eigenvalue weighted by atomic mass is 10.1. The number of halogens is 1. The lowest BCUT2D eigenvalue weighted by Gasteiger charge is -2.14. The van der Waals surface area contributed by atoms with Crippen LogP contribution in [0.1, 0.15) is 18.5 Å². The second-order valence-electron chi connectivity index (χ2n) is 4.54. The van der Waals surface area contributed by atoms with Crippen LogP contribution in [0, 0.1) is 3.57 Å². The van der Waals surface area contributed by atoms with Crippen LogP contribution in [0.4, 0.5) is 5.69 Å². The summed E-state index contributed by atoms with van der Waals surface area (Å²) in [7, 11) is 0. The zero-order valence-electron chi connectivity index (χ0n) is 11.3. The maximum atomic E-state index is 11.9. The molecule has 1 atom stereocenters. The Hall–Kier alpha value is -1.40. The van der Waals surface area contributed by atoms with Crippen molar-refractivity contribution in [3.63, 3.8) is 0 Å². The largest absolute Gasteiger partial charge is 0.324 e. The highest BCUT2D eigenvalue weighted by Gasteiger charge is 2.08. The number of anilines is 1. The number of hydrogen-bond acceptors (Lipinski definition) is 2. The number of amides is 1. The second-order valence-corrected chi connectivity index (χ2v) is 5.70. The smallest absolute Gasteiger partial charge is 0.238 e. The van der Waals surface area contributed by atoms with Crippen molar-refractivity contribution in [2.75, 3.05) is 11.9 Å². The van der Waals surface area contributed by atoms with E-state index in [0.29, 0.717) is 6.54 Å². The molecule has 0 aliphatic heterocycles. The third-order valence-corrected chi connectivity index (χ3v) is 3.96. The molecule has 104 valence electrons. The van der Waals surface area contributed by atoms with Gasteiger partial charge in [-0.15, -0.1) is 0 Å². The molecule has 0 aliphatic rings. The standard InChI is InChI=1S/C16H17IN2O/c1-12(13-7-3-2-4-8-13)18-11-16(20)19-15-10-6-5-9-14(15)17/h2-10,12,18H,11H2,1H3,(H,19,20). The summed E-state index contributed by atoms with van der Waals surface area (Å²) in [4.78, 5) is 11.9. The van der Waals surface area contributed by atoms with Gasteiger partial charge in [0.2, 0.25) is 5.91 Å². The molecule has 2 rings (SSSR count). The minimum Gasteiger partial charge on any atom is -0.324 e. The number of carbonyl (C=O) groups is 1. The molecule has 0 radical (unpaired) electrons. The minimum absolute atomic E-state index is 0.0307. The maximum absolute atomic E-state index is 11.9. The topological polar surface area (TPSA) is 41.1 Å². The normalized spacial score (nSPS) is 11.9. The van der Waals surface area contributed by atoms with Gasteiger partial charge < -0.3 is 10.6 Å². The molecule has 1 amide bonds. The molecule has 2 aromatic rings. The van der Waals surface area contributed by atoms with Crippen LogP contribution in [0.15, 0.2) is 54.6 Å².